The molecule has 0 spiro atoms. The molecular weight excluding hydrogens is 304 g/mol. The van der Waals surface area contributed by atoms with Crippen LogP contribution in [0.3, 0.4) is 0 Å². The predicted octanol–water partition coefficient (Wildman–Crippen LogP) is 2.15. The highest BCUT2D eigenvalue weighted by molar-refractivity contribution is 5.98. The number of nitrogens with two attached hydrogens (primary N) is 1. The average molecular weight is 324 g/mol. The molecule has 6 heteroatoms. The number of hydrogen-bond donors (Lipinski definition) is 1. The van der Waals surface area contributed by atoms with Crippen LogP contribution in [0.1, 0.15) is 18.9 Å². The first-order valence-electron chi connectivity index (χ1n) is 7.66. The molecule has 1 aromatic carbocycles. The third kappa shape index (κ3) is 2.82. The number of ether oxygens (including phenoxy) is 1. The lowest BCUT2D eigenvalue weighted by molar-refractivity contribution is -0.128. The standard InChI is InChI=1S/C18H20N4O2/c1-18(11-16(23)22(2)17(19)21-18)13-7-8-20-15(10-13)12-5-4-6-14(9-12)24-3/h4-10H,11H2,1-3H3,(H2,19,21)/t18-/m0/s1. The molecule has 0 saturated carbocycles. The molecule has 1 atom stereocenters. The summed E-state index contributed by atoms with van der Waals surface area (Å²) in [4.78, 5) is 22.5. The molecule has 1 aliphatic heterocycles. The maximum Gasteiger partial charge on any atom is 0.231 e. The van der Waals surface area contributed by atoms with Gasteiger partial charge in [-0.05, 0) is 36.8 Å². The van der Waals surface area contributed by atoms with E-state index in [1.165, 1.54) is 4.90 Å². The fourth-order valence-corrected chi connectivity index (χ4v) is 2.78. The molecular formula is C18H20N4O2. The lowest BCUT2D eigenvalue weighted by atomic mass is 9.87. The van der Waals surface area contributed by atoms with E-state index in [2.05, 4.69) is 9.98 Å². The van der Waals surface area contributed by atoms with Crippen LogP contribution in [0.2, 0.25) is 0 Å². The molecule has 1 aromatic heterocycles. The van der Waals surface area contributed by atoms with Crippen LogP contribution in [0.15, 0.2) is 47.6 Å². The Morgan fingerprint density at radius 2 is 2.08 bits per heavy atom. The van der Waals surface area contributed by atoms with Crippen molar-refractivity contribution < 1.29 is 9.53 Å². The number of amides is 1. The van der Waals surface area contributed by atoms with Gasteiger partial charge in [0, 0.05) is 18.8 Å². The monoisotopic (exact) mass is 324 g/mol. The highest BCUT2D eigenvalue weighted by Crippen LogP contribution is 2.34. The summed E-state index contributed by atoms with van der Waals surface area (Å²) in [7, 11) is 3.26. The van der Waals surface area contributed by atoms with Gasteiger partial charge in [-0.3, -0.25) is 14.7 Å². The van der Waals surface area contributed by atoms with Crippen molar-refractivity contribution in [3.63, 3.8) is 0 Å². The van der Waals surface area contributed by atoms with Crippen molar-refractivity contribution in [2.24, 2.45) is 10.7 Å². The molecule has 1 aliphatic rings. The number of carbonyl (C=O) groups excluding carboxylic acids is 1. The van der Waals surface area contributed by atoms with Gasteiger partial charge in [-0.2, -0.15) is 0 Å². The third-order valence-electron chi connectivity index (χ3n) is 4.32. The van der Waals surface area contributed by atoms with Crippen molar-refractivity contribution in [3.05, 3.63) is 48.2 Å². The number of hydrogen-bond acceptors (Lipinski definition) is 5. The normalized spacial score (nSPS) is 20.7. The fourth-order valence-electron chi connectivity index (χ4n) is 2.78. The second-order valence-electron chi connectivity index (χ2n) is 6.04. The minimum atomic E-state index is -0.690. The molecule has 0 fully saturated rings. The average Bonchev–Trinajstić information content (AvgIpc) is 2.60. The van der Waals surface area contributed by atoms with Crippen LogP contribution >= 0.6 is 0 Å². The Balaban J connectivity index is 2.03. The van der Waals surface area contributed by atoms with E-state index in [9.17, 15) is 4.79 Å². The number of pyridine rings is 1. The van der Waals surface area contributed by atoms with Crippen molar-refractivity contribution >= 4 is 11.9 Å². The number of methoxy groups -OCH3 is 1. The lowest BCUT2D eigenvalue weighted by Gasteiger charge is -2.33. The van der Waals surface area contributed by atoms with E-state index >= 15 is 0 Å². The topological polar surface area (TPSA) is 80.8 Å². The van der Waals surface area contributed by atoms with Crippen molar-refractivity contribution in [1.29, 1.82) is 0 Å². The maximum atomic E-state index is 12.2. The van der Waals surface area contributed by atoms with Crippen LogP contribution in [0, 0.1) is 0 Å². The van der Waals surface area contributed by atoms with Crippen molar-refractivity contribution in [1.82, 2.24) is 9.88 Å². The first-order valence-corrected chi connectivity index (χ1v) is 7.66. The Kier molecular flexibility index (Phi) is 3.97. The Morgan fingerprint density at radius 1 is 1.29 bits per heavy atom. The minimum Gasteiger partial charge on any atom is -0.497 e. The largest absolute Gasteiger partial charge is 0.497 e. The van der Waals surface area contributed by atoms with E-state index in [0.29, 0.717) is 0 Å². The summed E-state index contributed by atoms with van der Waals surface area (Å²) in [5.74, 6) is 0.945. The van der Waals surface area contributed by atoms with Gasteiger partial charge in [-0.15, -0.1) is 0 Å². The lowest BCUT2D eigenvalue weighted by Crippen LogP contribution is -2.47. The molecule has 0 aliphatic carbocycles. The maximum absolute atomic E-state index is 12.2. The number of aliphatic imine (C=N–C) groups is 1. The van der Waals surface area contributed by atoms with Crippen molar-refractivity contribution in [2.45, 2.75) is 18.9 Å². The predicted molar refractivity (Wildman–Crippen MR) is 92.6 cm³/mol. The molecule has 6 nitrogen and oxygen atoms in total. The third-order valence-corrected chi connectivity index (χ3v) is 4.32. The first-order chi connectivity index (χ1) is 11.4. The molecule has 1 amide bonds. The molecule has 0 bridgehead atoms. The van der Waals surface area contributed by atoms with Gasteiger partial charge >= 0.3 is 0 Å². The summed E-state index contributed by atoms with van der Waals surface area (Å²) in [6.45, 7) is 1.91. The molecule has 0 unspecified atom stereocenters. The van der Waals surface area contributed by atoms with Crippen molar-refractivity contribution in [3.8, 4) is 17.0 Å². The Labute approximate surface area is 141 Å². The first kappa shape index (κ1) is 16.0. The van der Waals surface area contributed by atoms with E-state index in [1.54, 1.807) is 20.4 Å². The van der Waals surface area contributed by atoms with Crippen molar-refractivity contribution in [2.75, 3.05) is 14.2 Å². The summed E-state index contributed by atoms with van der Waals surface area (Å²) < 4.78 is 5.27. The Morgan fingerprint density at radius 3 is 2.79 bits per heavy atom. The Hall–Kier alpha value is -2.89. The van der Waals surface area contributed by atoms with E-state index in [4.69, 9.17) is 10.5 Å². The van der Waals surface area contributed by atoms with Gasteiger partial charge in [0.1, 0.15) is 5.75 Å². The van der Waals surface area contributed by atoms with Crippen LogP contribution in [-0.4, -0.2) is 35.9 Å². The van der Waals surface area contributed by atoms with Gasteiger partial charge in [0.05, 0.1) is 24.8 Å². The van der Waals surface area contributed by atoms with E-state index in [0.717, 1.165) is 22.6 Å². The molecule has 3 rings (SSSR count). The quantitative estimate of drug-likeness (QED) is 0.938. The second-order valence-corrected chi connectivity index (χ2v) is 6.04. The number of nitrogens with zero attached hydrogens (tertiary/aromatic N) is 3. The van der Waals surface area contributed by atoms with Crippen LogP contribution in [-0.2, 0) is 10.3 Å². The number of rotatable bonds is 3. The number of aromatic nitrogens is 1. The molecule has 0 radical (unpaired) electrons. The summed E-state index contributed by atoms with van der Waals surface area (Å²) in [5, 5.41) is 0. The van der Waals surface area contributed by atoms with Crippen LogP contribution in [0.4, 0.5) is 0 Å². The zero-order chi connectivity index (χ0) is 17.3. The highest BCUT2D eigenvalue weighted by atomic mass is 16.5. The molecule has 2 aromatic rings. The summed E-state index contributed by atoms with van der Waals surface area (Å²) >= 11 is 0. The number of benzene rings is 1. The number of carbonyl (C=O) groups is 1. The van der Waals surface area contributed by atoms with Gasteiger partial charge in [-0.1, -0.05) is 12.1 Å². The van der Waals surface area contributed by atoms with E-state index in [-0.39, 0.29) is 18.3 Å². The molecule has 2 N–H and O–H groups in total. The summed E-state index contributed by atoms with van der Waals surface area (Å²) in [6.07, 6.45) is 2.00. The van der Waals surface area contributed by atoms with E-state index in [1.807, 2.05) is 43.3 Å². The fraction of sp³-hybridized carbons (Fsp3) is 0.278. The van der Waals surface area contributed by atoms with Crippen LogP contribution < -0.4 is 10.5 Å². The number of guanidine groups is 1. The zero-order valence-corrected chi connectivity index (χ0v) is 14.0. The zero-order valence-electron chi connectivity index (χ0n) is 14.0. The highest BCUT2D eigenvalue weighted by Gasteiger charge is 2.36. The molecule has 0 saturated heterocycles. The molecule has 124 valence electrons. The molecule has 24 heavy (non-hydrogen) atoms. The van der Waals surface area contributed by atoms with Crippen LogP contribution in [0.25, 0.3) is 11.3 Å². The van der Waals surface area contributed by atoms with Gasteiger partial charge in [0.15, 0.2) is 5.96 Å². The summed E-state index contributed by atoms with van der Waals surface area (Å²) in [6, 6.07) is 11.5. The van der Waals surface area contributed by atoms with Gasteiger partial charge in [0.2, 0.25) is 5.91 Å². The van der Waals surface area contributed by atoms with E-state index < -0.39 is 5.54 Å². The SMILES string of the molecule is COc1cccc(-c2cc([C@]3(C)CC(=O)N(C)C(N)=N3)ccn2)c1. The smallest absolute Gasteiger partial charge is 0.231 e. The van der Waals surface area contributed by atoms with Gasteiger partial charge in [-0.25, -0.2) is 4.99 Å². The van der Waals surface area contributed by atoms with Gasteiger partial charge in [0.25, 0.3) is 0 Å². The second kappa shape index (κ2) is 5.96. The van der Waals surface area contributed by atoms with Gasteiger partial charge < -0.3 is 10.5 Å². The summed E-state index contributed by atoms with van der Waals surface area (Å²) in [5.41, 5.74) is 7.84. The minimum absolute atomic E-state index is 0.0512. The van der Waals surface area contributed by atoms with Crippen LogP contribution in [0.5, 0.6) is 5.75 Å². The Bertz CT molecular complexity index is 818. The molecule has 2 heterocycles.